The molecule has 1 saturated carbocycles. The van der Waals surface area contributed by atoms with E-state index < -0.39 is 0 Å². The van der Waals surface area contributed by atoms with Crippen molar-refractivity contribution in [3.63, 3.8) is 0 Å². The van der Waals surface area contributed by atoms with Crippen LogP contribution in [0.4, 0.5) is 0 Å². The van der Waals surface area contributed by atoms with Gasteiger partial charge in [0.2, 0.25) is 5.89 Å². The highest BCUT2D eigenvalue weighted by Gasteiger charge is 2.38. The van der Waals surface area contributed by atoms with E-state index in [1.165, 1.54) is 5.56 Å². The summed E-state index contributed by atoms with van der Waals surface area (Å²) >= 11 is 0. The number of benzene rings is 1. The zero-order valence-electron chi connectivity index (χ0n) is 15.5. The van der Waals surface area contributed by atoms with Gasteiger partial charge in [-0.3, -0.25) is 0 Å². The summed E-state index contributed by atoms with van der Waals surface area (Å²) in [5.41, 5.74) is 1.35. The van der Waals surface area contributed by atoms with Crippen LogP contribution in [0, 0.1) is 0 Å². The van der Waals surface area contributed by atoms with Crippen molar-refractivity contribution in [1.82, 2.24) is 15.6 Å². The molecule has 2 atom stereocenters. The average molecular weight is 340 g/mol. The smallest absolute Gasteiger partial charge is 0.216 e. The van der Waals surface area contributed by atoms with Crippen LogP contribution in [0.15, 0.2) is 45.9 Å². The molecule has 5 nitrogen and oxygen atoms in total. The molecule has 1 aromatic carbocycles. The predicted molar refractivity (Wildman–Crippen MR) is 101 cm³/mol. The van der Waals surface area contributed by atoms with E-state index in [0.717, 1.165) is 24.7 Å². The van der Waals surface area contributed by atoms with Gasteiger partial charge in [-0.1, -0.05) is 51.1 Å². The van der Waals surface area contributed by atoms with E-state index in [4.69, 9.17) is 4.42 Å². The van der Waals surface area contributed by atoms with Gasteiger partial charge in [-0.05, 0) is 18.9 Å². The molecular formula is C20H28N4O. The lowest BCUT2D eigenvalue weighted by atomic mass is 9.94. The summed E-state index contributed by atoms with van der Waals surface area (Å²) in [7, 11) is 0. The van der Waals surface area contributed by atoms with Gasteiger partial charge < -0.3 is 15.1 Å². The first-order valence-electron chi connectivity index (χ1n) is 9.02. The van der Waals surface area contributed by atoms with Crippen molar-refractivity contribution in [3.05, 3.63) is 53.7 Å². The number of rotatable bonds is 5. The van der Waals surface area contributed by atoms with E-state index >= 15 is 0 Å². The van der Waals surface area contributed by atoms with Crippen molar-refractivity contribution in [3.8, 4) is 0 Å². The largest absolute Gasteiger partial charge is 0.443 e. The zero-order valence-corrected chi connectivity index (χ0v) is 15.5. The van der Waals surface area contributed by atoms with E-state index in [0.29, 0.717) is 24.4 Å². The standard InChI is InChI=1S/C20H28N4O/c1-5-21-19(23-13-18-22-12-17(25-18)20(2,3)4)24-16-11-15(16)14-9-7-6-8-10-14/h6-10,12,15-16H,5,11,13H2,1-4H3,(H2,21,23,24). The third kappa shape index (κ3) is 4.62. The molecule has 1 fully saturated rings. The van der Waals surface area contributed by atoms with Gasteiger partial charge in [0.1, 0.15) is 12.3 Å². The summed E-state index contributed by atoms with van der Waals surface area (Å²) in [6.07, 6.45) is 2.94. The molecule has 0 radical (unpaired) electrons. The quantitative estimate of drug-likeness (QED) is 0.645. The van der Waals surface area contributed by atoms with E-state index in [9.17, 15) is 0 Å². The van der Waals surface area contributed by atoms with Gasteiger partial charge in [0.05, 0.1) is 6.20 Å². The van der Waals surface area contributed by atoms with Crippen LogP contribution < -0.4 is 10.6 Å². The monoisotopic (exact) mass is 340 g/mol. The van der Waals surface area contributed by atoms with Gasteiger partial charge in [-0.15, -0.1) is 0 Å². The number of guanidine groups is 1. The van der Waals surface area contributed by atoms with E-state index in [1.807, 2.05) is 0 Å². The number of nitrogens with zero attached hydrogens (tertiary/aromatic N) is 2. The van der Waals surface area contributed by atoms with Crippen LogP contribution in [-0.2, 0) is 12.0 Å². The minimum absolute atomic E-state index is 0.0331. The number of nitrogens with one attached hydrogen (secondary N) is 2. The van der Waals surface area contributed by atoms with Gasteiger partial charge in [-0.25, -0.2) is 9.98 Å². The lowest BCUT2D eigenvalue weighted by Gasteiger charge is -2.13. The Labute approximate surface area is 150 Å². The van der Waals surface area contributed by atoms with Crippen molar-refractivity contribution >= 4 is 5.96 Å². The third-order valence-electron chi connectivity index (χ3n) is 4.35. The molecule has 5 heteroatoms. The van der Waals surface area contributed by atoms with E-state index in [-0.39, 0.29) is 5.41 Å². The Morgan fingerprint density at radius 3 is 2.68 bits per heavy atom. The van der Waals surface area contributed by atoms with Crippen molar-refractivity contribution in [2.24, 2.45) is 4.99 Å². The fourth-order valence-electron chi connectivity index (χ4n) is 2.80. The van der Waals surface area contributed by atoms with Crippen LogP contribution in [-0.4, -0.2) is 23.5 Å². The molecule has 1 heterocycles. The highest BCUT2D eigenvalue weighted by atomic mass is 16.4. The summed E-state index contributed by atoms with van der Waals surface area (Å²) in [5, 5.41) is 6.82. The molecule has 25 heavy (non-hydrogen) atoms. The normalized spacial score (nSPS) is 20.4. The van der Waals surface area contributed by atoms with Crippen molar-refractivity contribution in [2.75, 3.05) is 6.54 Å². The minimum Gasteiger partial charge on any atom is -0.443 e. The van der Waals surface area contributed by atoms with E-state index in [2.05, 4.69) is 78.6 Å². The van der Waals surface area contributed by atoms with Crippen LogP contribution in [0.5, 0.6) is 0 Å². The third-order valence-corrected chi connectivity index (χ3v) is 4.35. The molecular weight excluding hydrogens is 312 g/mol. The lowest BCUT2D eigenvalue weighted by molar-refractivity contribution is 0.383. The van der Waals surface area contributed by atoms with Crippen LogP contribution >= 0.6 is 0 Å². The van der Waals surface area contributed by atoms with Gasteiger partial charge in [0.15, 0.2) is 5.96 Å². The van der Waals surface area contributed by atoms with Crippen molar-refractivity contribution in [2.45, 2.75) is 58.0 Å². The highest BCUT2D eigenvalue weighted by molar-refractivity contribution is 5.80. The molecule has 0 spiro atoms. The Kier molecular flexibility index (Phi) is 5.11. The van der Waals surface area contributed by atoms with E-state index in [1.54, 1.807) is 6.20 Å². The number of oxazole rings is 1. The predicted octanol–water partition coefficient (Wildman–Crippen LogP) is 3.58. The first kappa shape index (κ1) is 17.5. The van der Waals surface area contributed by atoms with Crippen LogP contribution in [0.25, 0.3) is 0 Å². The van der Waals surface area contributed by atoms with Crippen LogP contribution in [0.3, 0.4) is 0 Å². The number of hydrogen-bond acceptors (Lipinski definition) is 3. The summed E-state index contributed by atoms with van der Waals surface area (Å²) in [5.74, 6) is 2.93. The molecule has 2 unspecified atom stereocenters. The Bertz CT molecular complexity index is 715. The van der Waals surface area contributed by atoms with Crippen LogP contribution in [0.2, 0.25) is 0 Å². The molecule has 1 aromatic heterocycles. The van der Waals surface area contributed by atoms with Gasteiger partial charge >= 0.3 is 0 Å². The molecule has 3 rings (SSSR count). The molecule has 134 valence electrons. The molecule has 0 aliphatic heterocycles. The van der Waals surface area contributed by atoms with Gasteiger partial charge in [0, 0.05) is 23.9 Å². The fourth-order valence-corrected chi connectivity index (χ4v) is 2.80. The van der Waals surface area contributed by atoms with Crippen molar-refractivity contribution in [1.29, 1.82) is 0 Å². The summed E-state index contributed by atoms with van der Waals surface area (Å²) in [6, 6.07) is 11.1. The molecule has 1 aliphatic carbocycles. The maximum atomic E-state index is 5.81. The van der Waals surface area contributed by atoms with Crippen molar-refractivity contribution < 1.29 is 4.42 Å². The number of aromatic nitrogens is 1. The molecule has 2 N–H and O–H groups in total. The van der Waals surface area contributed by atoms with Crippen LogP contribution in [0.1, 0.15) is 57.2 Å². The average Bonchev–Trinajstić information content (AvgIpc) is 3.16. The Balaban J connectivity index is 1.60. The topological polar surface area (TPSA) is 62.5 Å². The minimum atomic E-state index is -0.0331. The Morgan fingerprint density at radius 2 is 2.04 bits per heavy atom. The second kappa shape index (κ2) is 7.30. The fraction of sp³-hybridized carbons (Fsp3) is 0.500. The summed E-state index contributed by atoms with van der Waals surface area (Å²) < 4.78 is 5.81. The zero-order chi connectivity index (χ0) is 17.9. The SMILES string of the molecule is CCNC(=NCc1ncc(C(C)(C)C)o1)NC1CC1c1ccccc1. The molecule has 2 aromatic rings. The number of hydrogen-bond donors (Lipinski definition) is 2. The Hall–Kier alpha value is -2.30. The first-order valence-corrected chi connectivity index (χ1v) is 9.02. The maximum absolute atomic E-state index is 5.81. The van der Waals surface area contributed by atoms with Gasteiger partial charge in [-0.2, -0.15) is 0 Å². The highest BCUT2D eigenvalue weighted by Crippen LogP contribution is 2.40. The summed E-state index contributed by atoms with van der Waals surface area (Å²) in [6.45, 7) is 9.68. The Morgan fingerprint density at radius 1 is 1.28 bits per heavy atom. The molecule has 0 amide bonds. The molecule has 0 bridgehead atoms. The number of aliphatic imine (C=N–C) groups is 1. The second-order valence-electron chi connectivity index (χ2n) is 7.57. The maximum Gasteiger partial charge on any atom is 0.216 e. The van der Waals surface area contributed by atoms with Gasteiger partial charge in [0.25, 0.3) is 0 Å². The first-order chi connectivity index (χ1) is 12.0. The lowest BCUT2D eigenvalue weighted by Crippen LogP contribution is -2.39. The summed E-state index contributed by atoms with van der Waals surface area (Å²) in [4.78, 5) is 8.97. The molecule has 0 saturated heterocycles. The molecule has 1 aliphatic rings. The second-order valence-corrected chi connectivity index (χ2v) is 7.57.